The molecule has 2 aliphatic carbocycles. The third kappa shape index (κ3) is 8.91. The van der Waals surface area contributed by atoms with Gasteiger partial charge in [0, 0.05) is 49.4 Å². The van der Waals surface area contributed by atoms with E-state index in [1.807, 2.05) is 59.4 Å². The first-order chi connectivity index (χ1) is 23.1. The fourth-order valence-corrected chi connectivity index (χ4v) is 5.03. The van der Waals surface area contributed by atoms with Gasteiger partial charge in [-0.2, -0.15) is 25.8 Å². The number of nitrogens with one attached hydrogen (secondary N) is 1. The summed E-state index contributed by atoms with van der Waals surface area (Å²) in [6.07, 6.45) is 11.2. The minimum absolute atomic E-state index is 0.594. The Balaban J connectivity index is 0.000000125. The van der Waals surface area contributed by atoms with E-state index >= 15 is 0 Å². The zero-order chi connectivity index (χ0) is 32.4. The number of aromatic nitrogens is 6. The van der Waals surface area contributed by atoms with E-state index in [2.05, 4.69) is 73.7 Å². The van der Waals surface area contributed by atoms with Gasteiger partial charge >= 0.3 is 0 Å². The van der Waals surface area contributed by atoms with E-state index in [0.29, 0.717) is 17.7 Å². The maximum Gasteiger partial charge on any atom is 0.0991 e. The highest BCUT2D eigenvalue weighted by Crippen LogP contribution is 2.31. The second kappa shape index (κ2) is 15.0. The molecule has 3 N–H and O–H groups in total. The fraction of sp³-hybridized carbons (Fsp3) is 0.237. The van der Waals surface area contributed by atoms with Gasteiger partial charge in [0.2, 0.25) is 0 Å². The second-order valence-corrected chi connectivity index (χ2v) is 12.0. The molecule has 3 aromatic carbocycles. The van der Waals surface area contributed by atoms with E-state index < -0.39 is 0 Å². The van der Waals surface area contributed by atoms with Crippen molar-refractivity contribution in [2.45, 2.75) is 45.3 Å². The first kappa shape index (κ1) is 31.2. The second-order valence-electron chi connectivity index (χ2n) is 12.0. The van der Waals surface area contributed by atoms with Crippen molar-refractivity contribution in [3.05, 3.63) is 126 Å². The minimum atomic E-state index is 0.594. The maximum atomic E-state index is 8.74. The van der Waals surface area contributed by atoms with Crippen molar-refractivity contribution in [1.29, 1.82) is 10.5 Å². The quantitative estimate of drug-likeness (QED) is 0.185. The zero-order valence-electron chi connectivity index (χ0n) is 26.2. The molecule has 0 amide bonds. The average molecular weight is 620 g/mol. The van der Waals surface area contributed by atoms with Crippen molar-refractivity contribution in [3.8, 4) is 45.9 Å². The molecule has 3 heterocycles. The number of benzene rings is 3. The van der Waals surface area contributed by atoms with Crippen LogP contribution >= 0.6 is 0 Å². The third-order valence-electron chi connectivity index (χ3n) is 8.19. The Bertz CT molecular complexity index is 1930. The van der Waals surface area contributed by atoms with E-state index in [9.17, 15) is 0 Å². The van der Waals surface area contributed by atoms with E-state index in [1.54, 1.807) is 18.3 Å². The minimum Gasteiger partial charge on any atom is -0.326 e. The van der Waals surface area contributed by atoms with Crippen LogP contribution in [0.2, 0.25) is 0 Å². The molecule has 0 spiro atoms. The topological polar surface area (TPSA) is 138 Å². The number of H-pyrrole nitrogens is 1. The highest BCUT2D eigenvalue weighted by molar-refractivity contribution is 5.61. The van der Waals surface area contributed by atoms with Gasteiger partial charge in [0.1, 0.15) is 0 Å². The molecule has 234 valence electrons. The van der Waals surface area contributed by atoms with Gasteiger partial charge in [-0.25, -0.2) is 0 Å². The van der Waals surface area contributed by atoms with Crippen molar-refractivity contribution >= 4 is 0 Å². The van der Waals surface area contributed by atoms with Crippen LogP contribution in [0.3, 0.4) is 0 Å². The Morgan fingerprint density at radius 1 is 0.638 bits per heavy atom. The number of aromatic amines is 1. The lowest BCUT2D eigenvalue weighted by Crippen LogP contribution is -2.00. The first-order valence-corrected chi connectivity index (χ1v) is 16.0. The summed E-state index contributed by atoms with van der Waals surface area (Å²) < 4.78 is 4.08. The van der Waals surface area contributed by atoms with Crippen LogP contribution in [0.1, 0.15) is 42.4 Å². The van der Waals surface area contributed by atoms with Gasteiger partial charge in [-0.1, -0.05) is 48.5 Å². The van der Waals surface area contributed by atoms with Crippen molar-refractivity contribution in [2.75, 3.05) is 0 Å². The van der Waals surface area contributed by atoms with Crippen LogP contribution in [0, 0.1) is 34.5 Å². The Morgan fingerprint density at radius 2 is 1.11 bits per heavy atom. The number of hydrogen-bond acceptors (Lipinski definition) is 6. The summed E-state index contributed by atoms with van der Waals surface area (Å²) in [6, 6.07) is 33.4. The normalized spacial score (nSPS) is 13.3. The number of nitriles is 2. The highest BCUT2D eigenvalue weighted by Gasteiger charge is 2.22. The van der Waals surface area contributed by atoms with Crippen molar-refractivity contribution in [1.82, 2.24) is 29.8 Å². The molecule has 47 heavy (non-hydrogen) atoms. The smallest absolute Gasteiger partial charge is 0.0991 e. The van der Waals surface area contributed by atoms with Crippen LogP contribution in [0.25, 0.3) is 33.8 Å². The van der Waals surface area contributed by atoms with Crippen molar-refractivity contribution in [3.63, 3.8) is 0 Å². The molecular weight excluding hydrogens is 582 g/mol. The van der Waals surface area contributed by atoms with E-state index in [0.717, 1.165) is 64.3 Å². The lowest BCUT2D eigenvalue weighted by atomic mass is 10.1. The van der Waals surface area contributed by atoms with Crippen LogP contribution in [-0.4, -0.2) is 29.8 Å². The molecule has 3 aromatic heterocycles. The van der Waals surface area contributed by atoms with Crippen molar-refractivity contribution < 1.29 is 0 Å². The molecular formula is C38H37N9. The Kier molecular flexibility index (Phi) is 9.97. The van der Waals surface area contributed by atoms with Crippen molar-refractivity contribution in [2.24, 2.45) is 17.6 Å². The maximum absolute atomic E-state index is 8.74. The number of nitrogens with zero attached hydrogens (tertiary/aromatic N) is 7. The van der Waals surface area contributed by atoms with Gasteiger partial charge in [-0.3, -0.25) is 14.5 Å². The molecule has 0 radical (unpaired) electrons. The predicted octanol–water partition coefficient (Wildman–Crippen LogP) is 7.20. The fourth-order valence-electron chi connectivity index (χ4n) is 5.03. The van der Waals surface area contributed by atoms with Gasteiger partial charge in [0.05, 0.1) is 40.3 Å². The average Bonchev–Trinajstić information content (AvgIpc) is 3.92. The lowest BCUT2D eigenvalue weighted by Gasteiger charge is -2.00. The summed E-state index contributed by atoms with van der Waals surface area (Å²) in [5.41, 5.74) is 14.4. The standard InChI is InChI=1S/C14H17N3.C14H13N3.C10H7N3/c2*15-9-11-3-5-13(6-4-11)14-7-8-17(16-14)10-12-1-2-12;11-7-8-1-3-9(4-2-8)10-5-6-12-13-10/h3-8,12H,1-2,9-10,15H2;3-8,12H,1-2,10H2;1-6H,(H,12,13). The molecule has 2 fully saturated rings. The molecule has 0 saturated heterocycles. The van der Waals surface area contributed by atoms with E-state index in [1.165, 1.54) is 25.7 Å². The summed E-state index contributed by atoms with van der Waals surface area (Å²) in [7, 11) is 0. The monoisotopic (exact) mass is 619 g/mol. The molecule has 9 heteroatoms. The lowest BCUT2D eigenvalue weighted by molar-refractivity contribution is 0.564. The summed E-state index contributed by atoms with van der Waals surface area (Å²) >= 11 is 0. The summed E-state index contributed by atoms with van der Waals surface area (Å²) in [6.45, 7) is 2.70. The molecule has 0 unspecified atom stereocenters. The molecule has 8 rings (SSSR count). The largest absolute Gasteiger partial charge is 0.326 e. The molecule has 0 atom stereocenters. The van der Waals surface area contributed by atoms with Gasteiger partial charge in [0.15, 0.2) is 0 Å². The SMILES string of the molecule is N#Cc1ccc(-c2ccn(CC3CC3)n2)cc1.N#Cc1ccc(-c2ccn[nH]2)cc1.NCc1ccc(-c2ccn(CC3CC3)n2)cc1. The molecule has 0 bridgehead atoms. The Morgan fingerprint density at radius 3 is 1.51 bits per heavy atom. The first-order valence-electron chi connectivity index (χ1n) is 16.0. The molecule has 0 aliphatic heterocycles. The van der Waals surface area contributed by atoms with Crippen LogP contribution in [0.5, 0.6) is 0 Å². The molecule has 2 aliphatic rings. The van der Waals surface area contributed by atoms with Crippen LogP contribution in [0.15, 0.2) is 110 Å². The number of hydrogen-bond donors (Lipinski definition) is 2. The van der Waals surface area contributed by atoms with Crippen LogP contribution in [0.4, 0.5) is 0 Å². The molecule has 6 aromatic rings. The summed E-state index contributed by atoms with van der Waals surface area (Å²) in [4.78, 5) is 0. The number of rotatable bonds is 8. The Labute approximate surface area is 274 Å². The molecule has 9 nitrogen and oxygen atoms in total. The van der Waals surface area contributed by atoms with E-state index in [-0.39, 0.29) is 0 Å². The van der Waals surface area contributed by atoms with E-state index in [4.69, 9.17) is 16.3 Å². The van der Waals surface area contributed by atoms with Gasteiger partial charge in [0.25, 0.3) is 0 Å². The van der Waals surface area contributed by atoms with Gasteiger partial charge in [-0.05, 0) is 91.1 Å². The summed E-state index contributed by atoms with van der Waals surface area (Å²) in [5.74, 6) is 1.70. The highest BCUT2D eigenvalue weighted by atomic mass is 15.3. The van der Waals surface area contributed by atoms with Gasteiger partial charge in [-0.15, -0.1) is 0 Å². The van der Waals surface area contributed by atoms with Crippen LogP contribution in [-0.2, 0) is 19.6 Å². The van der Waals surface area contributed by atoms with Crippen LogP contribution < -0.4 is 5.73 Å². The Hall–Kier alpha value is -5.77. The predicted molar refractivity (Wildman–Crippen MR) is 182 cm³/mol. The zero-order valence-corrected chi connectivity index (χ0v) is 26.2. The number of nitrogens with two attached hydrogens (primary N) is 1. The summed E-state index contributed by atoms with van der Waals surface area (Å²) in [5, 5.41) is 33.2. The molecule has 2 saturated carbocycles. The van der Waals surface area contributed by atoms with Gasteiger partial charge < -0.3 is 5.73 Å². The third-order valence-corrected chi connectivity index (χ3v) is 8.19.